The molecular formula is C21H21ClN6O3. The van der Waals surface area contributed by atoms with Crippen LogP contribution in [0.1, 0.15) is 28.9 Å². The highest BCUT2D eigenvalue weighted by Crippen LogP contribution is 2.27. The van der Waals surface area contributed by atoms with E-state index in [2.05, 4.69) is 15.4 Å². The summed E-state index contributed by atoms with van der Waals surface area (Å²) in [6.45, 7) is 0.125. The number of carbonyl (C=O) groups excluding carboxylic acids is 3. The molecule has 0 atom stereocenters. The molecular weight excluding hydrogens is 420 g/mol. The van der Waals surface area contributed by atoms with Crippen LogP contribution in [-0.4, -0.2) is 50.0 Å². The van der Waals surface area contributed by atoms with Gasteiger partial charge in [-0.15, -0.1) is 0 Å². The van der Waals surface area contributed by atoms with Gasteiger partial charge in [0, 0.05) is 30.4 Å². The third-order valence-electron chi connectivity index (χ3n) is 5.05. The Bertz CT molecular complexity index is 1160. The van der Waals surface area contributed by atoms with E-state index in [1.807, 2.05) is 0 Å². The number of benzene rings is 1. The number of pyridine rings is 1. The number of nitrogens with two attached hydrogens (primary N) is 1. The Kier molecular flexibility index (Phi) is 5.85. The molecule has 1 aromatic carbocycles. The summed E-state index contributed by atoms with van der Waals surface area (Å²) in [5.74, 6) is -1.17. The average molecular weight is 441 g/mol. The zero-order chi connectivity index (χ0) is 22.0. The van der Waals surface area contributed by atoms with E-state index >= 15 is 0 Å². The lowest BCUT2D eigenvalue weighted by atomic mass is 10.2. The SMILES string of the molecule is NC(=O)c1nn(CC(=O)N(CC(=O)NCc2cncc(Cl)c2)C2CC2)c2ccccc12. The van der Waals surface area contributed by atoms with Gasteiger partial charge in [-0.05, 0) is 30.5 Å². The molecule has 2 heterocycles. The van der Waals surface area contributed by atoms with Crippen LogP contribution in [0.15, 0.2) is 42.7 Å². The van der Waals surface area contributed by atoms with Crippen molar-refractivity contribution in [3.05, 3.63) is 59.0 Å². The number of fused-ring (bicyclic) bond motifs is 1. The van der Waals surface area contributed by atoms with Crippen LogP contribution in [0.5, 0.6) is 0 Å². The molecule has 1 saturated carbocycles. The quantitative estimate of drug-likeness (QED) is 0.549. The number of nitrogens with one attached hydrogen (secondary N) is 1. The van der Waals surface area contributed by atoms with Gasteiger partial charge in [0.05, 0.1) is 17.1 Å². The summed E-state index contributed by atoms with van der Waals surface area (Å²) in [6.07, 6.45) is 4.84. The summed E-state index contributed by atoms with van der Waals surface area (Å²) in [5, 5.41) is 8.10. The number of halogens is 1. The molecule has 0 saturated heterocycles. The van der Waals surface area contributed by atoms with Crippen LogP contribution in [-0.2, 0) is 22.7 Å². The second-order valence-electron chi connectivity index (χ2n) is 7.43. The Hall–Kier alpha value is -3.46. The highest BCUT2D eigenvalue weighted by Gasteiger charge is 2.34. The number of rotatable bonds is 8. The Balaban J connectivity index is 1.44. The molecule has 2 aromatic heterocycles. The van der Waals surface area contributed by atoms with Crippen molar-refractivity contribution in [2.45, 2.75) is 32.0 Å². The van der Waals surface area contributed by atoms with Crippen molar-refractivity contribution in [1.29, 1.82) is 0 Å². The number of nitrogens with zero attached hydrogens (tertiary/aromatic N) is 4. The molecule has 4 rings (SSSR count). The first-order valence-corrected chi connectivity index (χ1v) is 10.2. The summed E-state index contributed by atoms with van der Waals surface area (Å²) in [4.78, 5) is 42.7. The Morgan fingerprint density at radius 2 is 2.00 bits per heavy atom. The molecule has 1 aliphatic rings. The van der Waals surface area contributed by atoms with Crippen LogP contribution in [0, 0.1) is 0 Å². The monoisotopic (exact) mass is 440 g/mol. The summed E-state index contributed by atoms with van der Waals surface area (Å²) in [6, 6.07) is 8.84. The van der Waals surface area contributed by atoms with E-state index in [4.69, 9.17) is 17.3 Å². The van der Waals surface area contributed by atoms with E-state index in [1.165, 1.54) is 10.9 Å². The van der Waals surface area contributed by atoms with Gasteiger partial charge in [0.15, 0.2) is 5.69 Å². The van der Waals surface area contributed by atoms with E-state index in [0.717, 1.165) is 18.4 Å². The lowest BCUT2D eigenvalue weighted by Crippen LogP contribution is -2.43. The van der Waals surface area contributed by atoms with Crippen molar-refractivity contribution in [2.75, 3.05) is 6.54 Å². The first-order valence-electron chi connectivity index (χ1n) is 9.83. The number of primary amides is 1. The zero-order valence-electron chi connectivity index (χ0n) is 16.6. The smallest absolute Gasteiger partial charge is 0.269 e. The van der Waals surface area contributed by atoms with Gasteiger partial charge < -0.3 is 16.0 Å². The van der Waals surface area contributed by atoms with Crippen LogP contribution < -0.4 is 11.1 Å². The molecule has 3 aromatic rings. The maximum atomic E-state index is 13.0. The van der Waals surface area contributed by atoms with E-state index in [0.29, 0.717) is 15.9 Å². The van der Waals surface area contributed by atoms with Gasteiger partial charge in [-0.1, -0.05) is 29.8 Å². The van der Waals surface area contributed by atoms with Crippen LogP contribution in [0.3, 0.4) is 0 Å². The van der Waals surface area contributed by atoms with Crippen LogP contribution in [0.25, 0.3) is 10.9 Å². The standard InChI is InChI=1S/C21H21ClN6O3/c22-14-7-13(8-24-10-14)9-25-18(29)11-27(15-5-6-15)19(30)12-28-17-4-2-1-3-16(17)20(26-28)21(23)31/h1-4,7-8,10,15H,5-6,9,11-12H2,(H2,23,31)(H,25,29). The van der Waals surface area contributed by atoms with Crippen molar-refractivity contribution in [3.63, 3.8) is 0 Å². The lowest BCUT2D eigenvalue weighted by Gasteiger charge is -2.22. The van der Waals surface area contributed by atoms with Gasteiger partial charge in [0.1, 0.15) is 6.54 Å². The Morgan fingerprint density at radius 1 is 1.23 bits per heavy atom. The summed E-state index contributed by atoms with van der Waals surface area (Å²) >= 11 is 5.91. The molecule has 3 amide bonds. The fourth-order valence-corrected chi connectivity index (χ4v) is 3.62. The molecule has 3 N–H and O–H groups in total. The normalized spacial score (nSPS) is 13.2. The van der Waals surface area contributed by atoms with Crippen molar-refractivity contribution < 1.29 is 14.4 Å². The number of hydrogen-bond acceptors (Lipinski definition) is 5. The highest BCUT2D eigenvalue weighted by molar-refractivity contribution is 6.30. The molecule has 1 aliphatic carbocycles. The van der Waals surface area contributed by atoms with E-state index in [-0.39, 0.29) is 43.2 Å². The van der Waals surface area contributed by atoms with Crippen LogP contribution >= 0.6 is 11.6 Å². The van der Waals surface area contributed by atoms with Gasteiger partial charge in [-0.3, -0.25) is 24.0 Å². The Labute approximate surface area is 183 Å². The number of amides is 3. The number of aromatic nitrogens is 3. The summed E-state index contributed by atoms with van der Waals surface area (Å²) in [7, 11) is 0. The topological polar surface area (TPSA) is 123 Å². The van der Waals surface area contributed by atoms with Crippen molar-refractivity contribution >= 4 is 40.2 Å². The number of hydrogen-bond donors (Lipinski definition) is 2. The van der Waals surface area contributed by atoms with E-state index in [9.17, 15) is 14.4 Å². The maximum absolute atomic E-state index is 13.0. The largest absolute Gasteiger partial charge is 0.364 e. The van der Waals surface area contributed by atoms with Gasteiger partial charge in [0.2, 0.25) is 11.8 Å². The van der Waals surface area contributed by atoms with Gasteiger partial charge in [-0.25, -0.2) is 0 Å². The zero-order valence-corrected chi connectivity index (χ0v) is 17.4. The molecule has 160 valence electrons. The van der Waals surface area contributed by atoms with Gasteiger partial charge in [-0.2, -0.15) is 5.10 Å². The van der Waals surface area contributed by atoms with Crippen molar-refractivity contribution in [1.82, 2.24) is 25.0 Å². The second-order valence-corrected chi connectivity index (χ2v) is 7.87. The van der Waals surface area contributed by atoms with Crippen molar-refractivity contribution in [3.8, 4) is 0 Å². The third-order valence-corrected chi connectivity index (χ3v) is 5.26. The summed E-state index contributed by atoms with van der Waals surface area (Å²) in [5.41, 5.74) is 6.95. The minimum atomic E-state index is -0.656. The van der Waals surface area contributed by atoms with E-state index in [1.54, 1.807) is 41.4 Å². The fourth-order valence-electron chi connectivity index (χ4n) is 3.42. The predicted octanol–water partition coefficient (Wildman–Crippen LogP) is 1.49. The van der Waals surface area contributed by atoms with Crippen LogP contribution in [0.2, 0.25) is 5.02 Å². The van der Waals surface area contributed by atoms with Crippen molar-refractivity contribution in [2.24, 2.45) is 5.73 Å². The molecule has 10 heteroatoms. The number of para-hydroxylation sites is 1. The molecule has 9 nitrogen and oxygen atoms in total. The van der Waals surface area contributed by atoms with E-state index < -0.39 is 5.91 Å². The first-order chi connectivity index (χ1) is 14.9. The summed E-state index contributed by atoms with van der Waals surface area (Å²) < 4.78 is 1.46. The fraction of sp³-hybridized carbons (Fsp3) is 0.286. The third kappa shape index (κ3) is 4.83. The minimum absolute atomic E-state index is 0.0310. The number of carbonyl (C=O) groups is 3. The molecule has 1 fully saturated rings. The Morgan fingerprint density at radius 3 is 2.71 bits per heavy atom. The highest BCUT2D eigenvalue weighted by atomic mass is 35.5. The first kappa shape index (κ1) is 20.8. The molecule has 31 heavy (non-hydrogen) atoms. The molecule has 0 bridgehead atoms. The maximum Gasteiger partial charge on any atom is 0.269 e. The van der Waals surface area contributed by atoms with Gasteiger partial charge >= 0.3 is 0 Å². The predicted molar refractivity (Wildman–Crippen MR) is 114 cm³/mol. The molecule has 0 unspecified atom stereocenters. The van der Waals surface area contributed by atoms with Gasteiger partial charge in [0.25, 0.3) is 5.91 Å². The lowest BCUT2D eigenvalue weighted by molar-refractivity contribution is -0.137. The molecule has 0 aliphatic heterocycles. The average Bonchev–Trinajstić information content (AvgIpc) is 3.52. The van der Waals surface area contributed by atoms with Crippen LogP contribution in [0.4, 0.5) is 0 Å². The molecule has 0 radical (unpaired) electrons. The minimum Gasteiger partial charge on any atom is -0.364 e. The second kappa shape index (κ2) is 8.73. The molecule has 0 spiro atoms.